The summed E-state index contributed by atoms with van der Waals surface area (Å²) in [7, 11) is 0. The second kappa shape index (κ2) is 5.14. The van der Waals surface area contributed by atoms with Crippen LogP contribution < -0.4 is 4.74 Å². The molecule has 1 N–H and O–H groups in total. The Morgan fingerprint density at radius 2 is 1.94 bits per heavy atom. The van der Waals surface area contributed by atoms with E-state index in [0.717, 1.165) is 6.07 Å². The van der Waals surface area contributed by atoms with Gasteiger partial charge in [0.15, 0.2) is 11.6 Å². The predicted molar refractivity (Wildman–Crippen MR) is 63.5 cm³/mol. The first-order valence-corrected chi connectivity index (χ1v) is 5.43. The number of ether oxygens (including phenoxy) is 1. The number of aliphatic hydroxyl groups is 1. The van der Waals surface area contributed by atoms with Gasteiger partial charge in [0, 0.05) is 6.07 Å². The highest BCUT2D eigenvalue weighted by molar-refractivity contribution is 5.37. The molecular weight excluding hydrogens is 238 g/mol. The van der Waals surface area contributed by atoms with Gasteiger partial charge >= 0.3 is 0 Å². The van der Waals surface area contributed by atoms with Crippen LogP contribution in [0.2, 0.25) is 0 Å². The molecule has 0 saturated heterocycles. The lowest BCUT2D eigenvalue weighted by Gasteiger charge is -2.09. The fourth-order valence-electron chi connectivity index (χ4n) is 1.60. The number of hydrogen-bond donors (Lipinski definition) is 1. The van der Waals surface area contributed by atoms with Crippen LogP contribution in [-0.4, -0.2) is 5.11 Å². The monoisotopic (exact) mass is 250 g/mol. The van der Waals surface area contributed by atoms with Crippen molar-refractivity contribution in [2.75, 3.05) is 0 Å². The van der Waals surface area contributed by atoms with E-state index in [1.807, 2.05) is 0 Å². The number of halogens is 2. The highest BCUT2D eigenvalue weighted by Crippen LogP contribution is 2.27. The lowest BCUT2D eigenvalue weighted by molar-refractivity contribution is 0.280. The lowest BCUT2D eigenvalue weighted by Crippen LogP contribution is -1.93. The van der Waals surface area contributed by atoms with Gasteiger partial charge in [0.1, 0.15) is 11.6 Å². The molecule has 0 heterocycles. The topological polar surface area (TPSA) is 29.5 Å². The first-order valence-electron chi connectivity index (χ1n) is 5.43. The summed E-state index contributed by atoms with van der Waals surface area (Å²) in [6, 6.07) is 8.53. The zero-order valence-corrected chi connectivity index (χ0v) is 9.78. The van der Waals surface area contributed by atoms with Gasteiger partial charge < -0.3 is 9.84 Å². The summed E-state index contributed by atoms with van der Waals surface area (Å²) in [6.45, 7) is 1.32. The molecule has 2 aromatic carbocycles. The van der Waals surface area contributed by atoms with Gasteiger partial charge in [-0.25, -0.2) is 8.78 Å². The van der Waals surface area contributed by atoms with Gasteiger partial charge in [0.25, 0.3) is 0 Å². The molecular formula is C14H12F2O2. The van der Waals surface area contributed by atoms with Crippen LogP contribution in [0.3, 0.4) is 0 Å². The van der Waals surface area contributed by atoms with E-state index in [2.05, 4.69) is 0 Å². The van der Waals surface area contributed by atoms with Crippen molar-refractivity contribution in [3.8, 4) is 11.5 Å². The number of hydrogen-bond acceptors (Lipinski definition) is 2. The summed E-state index contributed by atoms with van der Waals surface area (Å²) in [5.74, 6) is -0.829. The van der Waals surface area contributed by atoms with Crippen LogP contribution in [0, 0.1) is 18.6 Å². The standard InChI is InChI=1S/C14H12F2O2/c1-9-3-2-4-13(14(9)16)18-12-6-10(8-17)5-11(15)7-12/h2-7,17H,8H2,1H3. The SMILES string of the molecule is Cc1cccc(Oc2cc(F)cc(CO)c2)c1F. The molecule has 0 spiro atoms. The Morgan fingerprint density at radius 1 is 1.17 bits per heavy atom. The zero-order valence-electron chi connectivity index (χ0n) is 9.78. The first kappa shape index (κ1) is 12.5. The highest BCUT2D eigenvalue weighted by atomic mass is 19.1. The lowest BCUT2D eigenvalue weighted by atomic mass is 10.2. The molecule has 0 radical (unpaired) electrons. The summed E-state index contributed by atoms with van der Waals surface area (Å²) < 4.78 is 32.2. The number of aryl methyl sites for hydroxylation is 1. The minimum absolute atomic E-state index is 0.0319. The van der Waals surface area contributed by atoms with Gasteiger partial charge in [-0.3, -0.25) is 0 Å². The third kappa shape index (κ3) is 2.65. The summed E-state index contributed by atoms with van der Waals surface area (Å²) in [4.78, 5) is 0. The maximum absolute atomic E-state index is 13.7. The van der Waals surface area contributed by atoms with Crippen molar-refractivity contribution in [3.05, 3.63) is 59.2 Å². The van der Waals surface area contributed by atoms with Crippen molar-refractivity contribution in [2.45, 2.75) is 13.5 Å². The van der Waals surface area contributed by atoms with E-state index in [-0.39, 0.29) is 18.1 Å². The maximum Gasteiger partial charge on any atom is 0.168 e. The van der Waals surface area contributed by atoms with Crippen LogP contribution in [0.15, 0.2) is 36.4 Å². The van der Waals surface area contributed by atoms with E-state index in [0.29, 0.717) is 11.1 Å². The average molecular weight is 250 g/mol. The predicted octanol–water partition coefficient (Wildman–Crippen LogP) is 3.56. The number of benzene rings is 2. The molecule has 0 aliphatic heterocycles. The van der Waals surface area contributed by atoms with Crippen LogP contribution in [-0.2, 0) is 6.61 Å². The van der Waals surface area contributed by atoms with E-state index in [4.69, 9.17) is 9.84 Å². The molecule has 18 heavy (non-hydrogen) atoms. The third-order valence-electron chi connectivity index (χ3n) is 2.50. The van der Waals surface area contributed by atoms with Gasteiger partial charge in [0.2, 0.25) is 0 Å². The molecule has 0 aliphatic carbocycles. The normalized spacial score (nSPS) is 10.4. The minimum Gasteiger partial charge on any atom is -0.454 e. The van der Waals surface area contributed by atoms with E-state index in [1.54, 1.807) is 19.1 Å². The van der Waals surface area contributed by atoms with Crippen molar-refractivity contribution < 1.29 is 18.6 Å². The van der Waals surface area contributed by atoms with E-state index in [1.165, 1.54) is 18.2 Å². The molecule has 2 nitrogen and oxygen atoms in total. The smallest absolute Gasteiger partial charge is 0.168 e. The summed E-state index contributed by atoms with van der Waals surface area (Å²) in [5.41, 5.74) is 0.823. The molecule has 2 rings (SSSR count). The fourth-order valence-corrected chi connectivity index (χ4v) is 1.60. The summed E-state index contributed by atoms with van der Waals surface area (Å²) in [5, 5.41) is 8.95. The summed E-state index contributed by atoms with van der Waals surface area (Å²) in [6.07, 6.45) is 0. The van der Waals surface area contributed by atoms with Crippen molar-refractivity contribution >= 4 is 0 Å². The van der Waals surface area contributed by atoms with Crippen LogP contribution in [0.1, 0.15) is 11.1 Å². The van der Waals surface area contributed by atoms with Gasteiger partial charge in [-0.2, -0.15) is 0 Å². The Hall–Kier alpha value is -1.94. The molecule has 0 amide bonds. The Balaban J connectivity index is 2.34. The van der Waals surface area contributed by atoms with Crippen molar-refractivity contribution in [3.63, 3.8) is 0 Å². The van der Waals surface area contributed by atoms with Crippen molar-refractivity contribution in [1.29, 1.82) is 0 Å². The van der Waals surface area contributed by atoms with Gasteiger partial charge in [-0.1, -0.05) is 12.1 Å². The molecule has 4 heteroatoms. The number of aliphatic hydroxyl groups excluding tert-OH is 1. The van der Waals surface area contributed by atoms with Gasteiger partial charge in [-0.05, 0) is 36.2 Å². The van der Waals surface area contributed by atoms with Crippen LogP contribution >= 0.6 is 0 Å². The molecule has 0 aliphatic rings. The Bertz CT molecular complexity index is 568. The molecule has 0 aromatic heterocycles. The molecule has 94 valence electrons. The highest BCUT2D eigenvalue weighted by Gasteiger charge is 2.08. The maximum atomic E-state index is 13.7. The van der Waals surface area contributed by atoms with Crippen molar-refractivity contribution in [1.82, 2.24) is 0 Å². The van der Waals surface area contributed by atoms with Gasteiger partial charge in [-0.15, -0.1) is 0 Å². The van der Waals surface area contributed by atoms with E-state index in [9.17, 15) is 8.78 Å². The van der Waals surface area contributed by atoms with Crippen LogP contribution in [0.5, 0.6) is 11.5 Å². The average Bonchev–Trinajstić information content (AvgIpc) is 2.34. The van der Waals surface area contributed by atoms with Crippen molar-refractivity contribution in [2.24, 2.45) is 0 Å². The Morgan fingerprint density at radius 3 is 2.67 bits per heavy atom. The molecule has 0 atom stereocenters. The van der Waals surface area contributed by atoms with Crippen LogP contribution in [0.25, 0.3) is 0 Å². The Kier molecular flexibility index (Phi) is 3.58. The fraction of sp³-hybridized carbons (Fsp3) is 0.143. The molecule has 0 bridgehead atoms. The number of rotatable bonds is 3. The largest absolute Gasteiger partial charge is 0.454 e. The minimum atomic E-state index is -0.537. The molecule has 2 aromatic rings. The molecule has 0 fully saturated rings. The second-order valence-electron chi connectivity index (χ2n) is 3.94. The summed E-state index contributed by atoms with van der Waals surface area (Å²) >= 11 is 0. The molecule has 0 unspecified atom stereocenters. The second-order valence-corrected chi connectivity index (χ2v) is 3.94. The zero-order chi connectivity index (χ0) is 13.1. The Labute approximate surface area is 103 Å². The molecule has 0 saturated carbocycles. The van der Waals surface area contributed by atoms with E-state index < -0.39 is 11.6 Å². The first-order chi connectivity index (χ1) is 8.60. The third-order valence-corrected chi connectivity index (χ3v) is 2.50. The van der Waals surface area contributed by atoms with Gasteiger partial charge in [0.05, 0.1) is 6.61 Å². The quantitative estimate of drug-likeness (QED) is 0.902. The van der Waals surface area contributed by atoms with Crippen LogP contribution in [0.4, 0.5) is 8.78 Å². The van der Waals surface area contributed by atoms with E-state index >= 15 is 0 Å².